The fraction of sp³-hybridized carbons (Fsp3) is 0.667. The lowest BCUT2D eigenvalue weighted by Crippen LogP contribution is -2.56. The standard InChI is InChI=1S/C27H39BrN4O5/c1-5-13-29-24(34)20-21-26(36)32(17(6-2)15-33)23(27(21)14-19(28)22(20)37-27)25(35)30-16-9-11-18(12-10-16)31(7-3)8-4/h9-12,17,19-23,33H,5-8,13-15H2,1-4H3,(H,29,34)(H,30,35)/t17-,19?,20-,21-,22-,23?,27?/m0/s1. The van der Waals surface area contributed by atoms with E-state index in [1.165, 1.54) is 4.90 Å². The molecule has 0 radical (unpaired) electrons. The first-order chi connectivity index (χ1) is 17.8. The van der Waals surface area contributed by atoms with Crippen molar-refractivity contribution >= 4 is 45.0 Å². The summed E-state index contributed by atoms with van der Waals surface area (Å²) in [5, 5.41) is 16.1. The van der Waals surface area contributed by atoms with Crippen LogP contribution in [0, 0.1) is 11.8 Å². The largest absolute Gasteiger partial charge is 0.394 e. The molecule has 4 rings (SSSR count). The van der Waals surface area contributed by atoms with Crippen LogP contribution < -0.4 is 15.5 Å². The third-order valence-corrected chi connectivity index (χ3v) is 9.01. The SMILES string of the molecule is CCCNC(=O)[C@H]1[C@H]2C(=O)N([C@@H](CC)CO)C(C(=O)Nc3ccc(N(CC)CC)cc3)C23CC(Br)[C@@H]1O3. The molecule has 0 saturated carbocycles. The number of hydrogen-bond acceptors (Lipinski definition) is 6. The molecule has 0 aromatic heterocycles. The number of rotatable bonds is 11. The number of carbonyl (C=O) groups is 3. The number of anilines is 2. The summed E-state index contributed by atoms with van der Waals surface area (Å²) in [7, 11) is 0. The minimum Gasteiger partial charge on any atom is -0.394 e. The average molecular weight is 580 g/mol. The predicted octanol–water partition coefficient (Wildman–Crippen LogP) is 2.52. The third-order valence-electron chi connectivity index (χ3n) is 8.17. The van der Waals surface area contributed by atoms with Crippen molar-refractivity contribution in [3.8, 4) is 0 Å². The Labute approximate surface area is 227 Å². The van der Waals surface area contributed by atoms with Crippen LogP contribution in [0.2, 0.25) is 0 Å². The number of carbonyl (C=O) groups excluding carboxylic acids is 3. The predicted molar refractivity (Wildman–Crippen MR) is 146 cm³/mol. The molecule has 0 aliphatic carbocycles. The van der Waals surface area contributed by atoms with Crippen LogP contribution in [0.1, 0.15) is 47.0 Å². The number of likely N-dealkylation sites (tertiary alicyclic amines) is 1. The maximum absolute atomic E-state index is 13.9. The molecule has 10 heteroatoms. The maximum atomic E-state index is 13.9. The van der Waals surface area contributed by atoms with Gasteiger partial charge in [0, 0.05) is 35.8 Å². The van der Waals surface area contributed by atoms with Crippen molar-refractivity contribution in [2.75, 3.05) is 36.5 Å². The van der Waals surface area contributed by atoms with E-state index in [2.05, 4.69) is 45.3 Å². The van der Waals surface area contributed by atoms with Gasteiger partial charge in [0.1, 0.15) is 11.6 Å². The van der Waals surface area contributed by atoms with Gasteiger partial charge in [-0.2, -0.15) is 0 Å². The minimum absolute atomic E-state index is 0.160. The molecule has 3 amide bonds. The van der Waals surface area contributed by atoms with Crippen LogP contribution in [0.5, 0.6) is 0 Å². The highest BCUT2D eigenvalue weighted by Gasteiger charge is 2.76. The van der Waals surface area contributed by atoms with Crippen LogP contribution in [0.15, 0.2) is 24.3 Å². The number of nitrogens with one attached hydrogen (secondary N) is 2. The number of aliphatic hydroxyl groups excluding tert-OH is 1. The second-order valence-electron chi connectivity index (χ2n) is 10.2. The smallest absolute Gasteiger partial charge is 0.250 e. The first-order valence-corrected chi connectivity index (χ1v) is 14.4. The summed E-state index contributed by atoms with van der Waals surface area (Å²) in [5.41, 5.74) is 0.537. The topological polar surface area (TPSA) is 111 Å². The molecule has 1 aromatic carbocycles. The zero-order valence-electron chi connectivity index (χ0n) is 22.1. The molecule has 9 nitrogen and oxygen atoms in total. The summed E-state index contributed by atoms with van der Waals surface area (Å²) >= 11 is 3.67. The van der Waals surface area contributed by atoms with Crippen molar-refractivity contribution in [1.82, 2.24) is 10.2 Å². The highest BCUT2D eigenvalue weighted by atomic mass is 79.9. The summed E-state index contributed by atoms with van der Waals surface area (Å²) in [4.78, 5) is 44.6. The molecule has 204 valence electrons. The highest BCUT2D eigenvalue weighted by Crippen LogP contribution is 2.60. The van der Waals surface area contributed by atoms with E-state index in [9.17, 15) is 19.5 Å². The number of alkyl halides is 1. The van der Waals surface area contributed by atoms with E-state index in [0.717, 1.165) is 25.2 Å². The molecule has 37 heavy (non-hydrogen) atoms. The number of hydrogen-bond donors (Lipinski definition) is 3. The summed E-state index contributed by atoms with van der Waals surface area (Å²) < 4.78 is 6.48. The fourth-order valence-electron chi connectivity index (χ4n) is 6.39. The lowest BCUT2D eigenvalue weighted by atomic mass is 9.70. The molecule has 7 atom stereocenters. The molecular formula is C27H39BrN4O5. The minimum atomic E-state index is -1.14. The van der Waals surface area contributed by atoms with Crippen molar-refractivity contribution in [1.29, 1.82) is 0 Å². The average Bonchev–Trinajstić information content (AvgIpc) is 3.49. The van der Waals surface area contributed by atoms with E-state index in [-0.39, 0.29) is 29.2 Å². The van der Waals surface area contributed by atoms with Gasteiger partial charge in [0.15, 0.2) is 0 Å². The van der Waals surface area contributed by atoms with Crippen molar-refractivity contribution in [3.05, 3.63) is 24.3 Å². The van der Waals surface area contributed by atoms with Gasteiger partial charge in [-0.3, -0.25) is 14.4 Å². The van der Waals surface area contributed by atoms with Gasteiger partial charge in [-0.25, -0.2) is 0 Å². The molecule has 3 unspecified atom stereocenters. The van der Waals surface area contributed by atoms with Crippen molar-refractivity contribution < 1.29 is 24.2 Å². The number of aliphatic hydroxyl groups is 1. The summed E-state index contributed by atoms with van der Waals surface area (Å²) in [6.45, 7) is 10.0. The molecule has 3 N–H and O–H groups in total. The van der Waals surface area contributed by atoms with Crippen LogP contribution in [0.4, 0.5) is 11.4 Å². The van der Waals surface area contributed by atoms with Gasteiger partial charge >= 0.3 is 0 Å². The van der Waals surface area contributed by atoms with Gasteiger partial charge in [0.25, 0.3) is 0 Å². The van der Waals surface area contributed by atoms with Crippen LogP contribution in [0.3, 0.4) is 0 Å². The molecule has 1 aromatic rings. The molecule has 3 aliphatic heterocycles. The quantitative estimate of drug-likeness (QED) is 0.348. The van der Waals surface area contributed by atoms with E-state index in [4.69, 9.17) is 4.74 Å². The van der Waals surface area contributed by atoms with Gasteiger partial charge in [-0.15, -0.1) is 0 Å². The monoisotopic (exact) mass is 578 g/mol. The van der Waals surface area contributed by atoms with Crippen LogP contribution >= 0.6 is 15.9 Å². The normalized spacial score (nSPS) is 30.8. The molecule has 2 bridgehead atoms. The van der Waals surface area contributed by atoms with Gasteiger partial charge in [0.05, 0.1) is 30.6 Å². The Morgan fingerprint density at radius 2 is 1.86 bits per heavy atom. The van der Waals surface area contributed by atoms with E-state index < -0.39 is 35.6 Å². The molecular weight excluding hydrogens is 540 g/mol. The number of halogens is 1. The Kier molecular flexibility index (Phi) is 8.50. The highest BCUT2D eigenvalue weighted by molar-refractivity contribution is 9.09. The molecule has 1 spiro atoms. The Hall–Kier alpha value is -2.17. The number of nitrogens with zero attached hydrogens (tertiary/aromatic N) is 2. The number of amides is 3. The van der Waals surface area contributed by atoms with Crippen LogP contribution in [0.25, 0.3) is 0 Å². The Morgan fingerprint density at radius 1 is 1.19 bits per heavy atom. The van der Waals surface area contributed by atoms with Crippen molar-refractivity contribution in [2.45, 2.75) is 75.6 Å². The summed E-state index contributed by atoms with van der Waals surface area (Å²) in [6.07, 6.45) is 1.19. The Morgan fingerprint density at radius 3 is 2.43 bits per heavy atom. The second kappa shape index (κ2) is 11.3. The van der Waals surface area contributed by atoms with E-state index >= 15 is 0 Å². The van der Waals surface area contributed by atoms with Gasteiger partial charge in [0.2, 0.25) is 17.7 Å². The molecule has 3 fully saturated rings. The van der Waals surface area contributed by atoms with Crippen molar-refractivity contribution in [3.63, 3.8) is 0 Å². The number of fused-ring (bicyclic) bond motifs is 1. The summed E-state index contributed by atoms with van der Waals surface area (Å²) in [6, 6.07) is 6.12. The first kappa shape index (κ1) is 27.9. The third kappa shape index (κ3) is 4.65. The van der Waals surface area contributed by atoms with Gasteiger partial charge in [-0.05, 0) is 57.4 Å². The lowest BCUT2D eigenvalue weighted by Gasteiger charge is -2.36. The molecule has 3 aliphatic rings. The van der Waals surface area contributed by atoms with Crippen molar-refractivity contribution in [2.24, 2.45) is 11.8 Å². The molecule has 3 saturated heterocycles. The van der Waals surface area contributed by atoms with E-state index in [1.807, 2.05) is 38.1 Å². The zero-order chi connectivity index (χ0) is 26.9. The van der Waals surface area contributed by atoms with E-state index in [0.29, 0.717) is 25.1 Å². The number of ether oxygens (including phenoxy) is 1. The maximum Gasteiger partial charge on any atom is 0.250 e. The van der Waals surface area contributed by atoms with E-state index in [1.54, 1.807) is 0 Å². The second-order valence-corrected chi connectivity index (χ2v) is 11.3. The Bertz CT molecular complexity index is 999. The number of benzene rings is 1. The van der Waals surface area contributed by atoms with Crippen LogP contribution in [-0.2, 0) is 19.1 Å². The summed E-state index contributed by atoms with van der Waals surface area (Å²) in [5.74, 6) is -2.35. The van der Waals surface area contributed by atoms with Crippen LogP contribution in [-0.4, -0.2) is 82.6 Å². The van der Waals surface area contributed by atoms with Gasteiger partial charge < -0.3 is 30.3 Å². The first-order valence-electron chi connectivity index (χ1n) is 13.5. The molecule has 3 heterocycles. The Balaban J connectivity index is 1.67. The zero-order valence-corrected chi connectivity index (χ0v) is 23.7. The fourth-order valence-corrected chi connectivity index (χ4v) is 7.34. The lowest BCUT2D eigenvalue weighted by molar-refractivity contribution is -0.144. The van der Waals surface area contributed by atoms with Gasteiger partial charge in [-0.1, -0.05) is 29.8 Å².